The second-order valence-electron chi connectivity index (χ2n) is 4.41. The first-order valence-electron chi connectivity index (χ1n) is 5.75. The number of hydrogen-bond donors (Lipinski definition) is 2. The smallest absolute Gasteiger partial charge is 0.252 e. The van der Waals surface area contributed by atoms with E-state index in [-0.39, 0.29) is 5.91 Å². The van der Waals surface area contributed by atoms with Crippen LogP contribution in [0.15, 0.2) is 30.3 Å². The van der Waals surface area contributed by atoms with Crippen molar-refractivity contribution in [3.05, 3.63) is 35.9 Å². The Morgan fingerprint density at radius 2 is 2.00 bits per heavy atom. The van der Waals surface area contributed by atoms with Crippen molar-refractivity contribution in [2.45, 2.75) is 31.3 Å². The van der Waals surface area contributed by atoms with Crippen LogP contribution < -0.4 is 5.32 Å². The Hall–Kier alpha value is -1.35. The first kappa shape index (κ1) is 11.1. The number of rotatable bonds is 2. The number of carbonyl (C=O) groups is 1. The van der Waals surface area contributed by atoms with E-state index < -0.39 is 5.60 Å². The minimum absolute atomic E-state index is 0.228. The molecular formula is C13H17NO2. The third kappa shape index (κ3) is 2.42. The molecule has 2 N–H and O–H groups in total. The van der Waals surface area contributed by atoms with Crippen LogP contribution in [0, 0.1) is 0 Å². The summed E-state index contributed by atoms with van der Waals surface area (Å²) in [4.78, 5) is 11.8. The fourth-order valence-corrected chi connectivity index (χ4v) is 2.12. The largest absolute Gasteiger partial charge is 0.380 e. The van der Waals surface area contributed by atoms with Crippen LogP contribution >= 0.6 is 0 Å². The molecule has 1 unspecified atom stereocenters. The standard InChI is InChI=1S/C13H17NO2/c15-12-13(16,8-4-5-9-14-12)10-11-6-2-1-3-7-11/h1-3,6-7,16H,4-5,8-10H2,(H,14,15). The predicted molar refractivity (Wildman–Crippen MR) is 62.0 cm³/mol. The lowest BCUT2D eigenvalue weighted by atomic mass is 9.89. The van der Waals surface area contributed by atoms with Gasteiger partial charge in [0.2, 0.25) is 0 Å². The minimum atomic E-state index is -1.22. The normalized spacial score (nSPS) is 25.9. The molecule has 1 atom stereocenters. The Balaban J connectivity index is 2.14. The summed E-state index contributed by atoms with van der Waals surface area (Å²) < 4.78 is 0. The molecule has 0 aliphatic carbocycles. The Morgan fingerprint density at radius 3 is 2.75 bits per heavy atom. The third-order valence-corrected chi connectivity index (χ3v) is 3.06. The summed E-state index contributed by atoms with van der Waals surface area (Å²) in [6.07, 6.45) is 2.79. The molecule has 0 radical (unpaired) electrons. The van der Waals surface area contributed by atoms with Gasteiger partial charge in [0, 0.05) is 13.0 Å². The molecule has 1 aromatic rings. The summed E-state index contributed by atoms with van der Waals surface area (Å²) in [5, 5.41) is 13.1. The van der Waals surface area contributed by atoms with E-state index in [1.807, 2.05) is 30.3 Å². The molecule has 0 saturated carbocycles. The molecule has 16 heavy (non-hydrogen) atoms. The van der Waals surface area contributed by atoms with E-state index in [9.17, 15) is 9.90 Å². The summed E-state index contributed by atoms with van der Waals surface area (Å²) in [7, 11) is 0. The summed E-state index contributed by atoms with van der Waals surface area (Å²) in [5.74, 6) is -0.228. The number of aliphatic hydroxyl groups is 1. The van der Waals surface area contributed by atoms with Gasteiger partial charge in [0.05, 0.1) is 0 Å². The van der Waals surface area contributed by atoms with E-state index in [0.29, 0.717) is 19.4 Å². The van der Waals surface area contributed by atoms with Crippen LogP contribution in [0.25, 0.3) is 0 Å². The first-order chi connectivity index (χ1) is 7.71. The van der Waals surface area contributed by atoms with Crippen molar-refractivity contribution in [2.24, 2.45) is 0 Å². The van der Waals surface area contributed by atoms with Gasteiger partial charge in [-0.05, 0) is 24.8 Å². The maximum absolute atomic E-state index is 11.8. The fraction of sp³-hybridized carbons (Fsp3) is 0.462. The molecule has 1 aliphatic rings. The lowest BCUT2D eigenvalue weighted by molar-refractivity contribution is -0.139. The summed E-state index contributed by atoms with van der Waals surface area (Å²) >= 11 is 0. The highest BCUT2D eigenvalue weighted by atomic mass is 16.3. The highest BCUT2D eigenvalue weighted by Gasteiger charge is 2.36. The van der Waals surface area contributed by atoms with E-state index in [1.54, 1.807) is 0 Å². The van der Waals surface area contributed by atoms with Gasteiger partial charge in [0.1, 0.15) is 5.60 Å². The lowest BCUT2D eigenvalue weighted by Crippen LogP contribution is -2.47. The predicted octanol–water partition coefficient (Wildman–Crippen LogP) is 1.26. The molecule has 3 nitrogen and oxygen atoms in total. The Bertz CT molecular complexity index is 363. The number of nitrogens with one attached hydrogen (secondary N) is 1. The van der Waals surface area contributed by atoms with Gasteiger partial charge in [0.25, 0.3) is 5.91 Å². The molecule has 0 aromatic heterocycles. The van der Waals surface area contributed by atoms with E-state index in [1.165, 1.54) is 0 Å². The van der Waals surface area contributed by atoms with Crippen molar-refractivity contribution in [2.75, 3.05) is 6.54 Å². The second-order valence-corrected chi connectivity index (χ2v) is 4.41. The van der Waals surface area contributed by atoms with E-state index >= 15 is 0 Å². The zero-order chi connectivity index (χ0) is 11.4. The topological polar surface area (TPSA) is 49.3 Å². The Kier molecular flexibility index (Phi) is 3.25. The van der Waals surface area contributed by atoms with Gasteiger partial charge in [0.15, 0.2) is 0 Å². The molecular weight excluding hydrogens is 202 g/mol. The molecule has 1 amide bonds. The van der Waals surface area contributed by atoms with Gasteiger partial charge in [-0.3, -0.25) is 4.79 Å². The molecule has 86 valence electrons. The molecule has 1 saturated heterocycles. The average molecular weight is 219 g/mol. The van der Waals surface area contributed by atoms with Crippen LogP contribution in [-0.4, -0.2) is 23.2 Å². The van der Waals surface area contributed by atoms with Crippen molar-refractivity contribution < 1.29 is 9.90 Å². The highest BCUT2D eigenvalue weighted by Crippen LogP contribution is 2.22. The molecule has 0 bridgehead atoms. The second kappa shape index (κ2) is 4.66. The van der Waals surface area contributed by atoms with Crippen LogP contribution in [-0.2, 0) is 11.2 Å². The quantitative estimate of drug-likeness (QED) is 0.786. The van der Waals surface area contributed by atoms with Crippen LogP contribution in [0.5, 0.6) is 0 Å². The summed E-state index contributed by atoms with van der Waals surface area (Å²) in [6, 6.07) is 9.66. The Morgan fingerprint density at radius 1 is 1.25 bits per heavy atom. The van der Waals surface area contributed by atoms with Gasteiger partial charge in [-0.2, -0.15) is 0 Å². The molecule has 3 heteroatoms. The maximum Gasteiger partial charge on any atom is 0.252 e. The van der Waals surface area contributed by atoms with Crippen molar-refractivity contribution >= 4 is 5.91 Å². The van der Waals surface area contributed by atoms with Crippen LogP contribution in [0.2, 0.25) is 0 Å². The summed E-state index contributed by atoms with van der Waals surface area (Å²) in [5.41, 5.74) is -0.222. The SMILES string of the molecule is O=C1NCCCCC1(O)Cc1ccccc1. The van der Waals surface area contributed by atoms with E-state index in [0.717, 1.165) is 18.4 Å². The van der Waals surface area contributed by atoms with Gasteiger partial charge < -0.3 is 10.4 Å². The van der Waals surface area contributed by atoms with Gasteiger partial charge in [-0.25, -0.2) is 0 Å². The lowest BCUT2D eigenvalue weighted by Gasteiger charge is -2.24. The van der Waals surface area contributed by atoms with Crippen molar-refractivity contribution in [3.8, 4) is 0 Å². The molecule has 1 aliphatic heterocycles. The van der Waals surface area contributed by atoms with Crippen molar-refractivity contribution in [3.63, 3.8) is 0 Å². The molecule has 1 heterocycles. The summed E-state index contributed by atoms with van der Waals surface area (Å²) in [6.45, 7) is 0.677. The monoisotopic (exact) mass is 219 g/mol. The maximum atomic E-state index is 11.8. The zero-order valence-corrected chi connectivity index (χ0v) is 9.28. The van der Waals surface area contributed by atoms with Gasteiger partial charge in [-0.1, -0.05) is 30.3 Å². The molecule has 2 rings (SSSR count). The van der Waals surface area contributed by atoms with Crippen LogP contribution in [0.1, 0.15) is 24.8 Å². The van der Waals surface area contributed by atoms with E-state index in [2.05, 4.69) is 5.32 Å². The minimum Gasteiger partial charge on any atom is -0.380 e. The van der Waals surface area contributed by atoms with Gasteiger partial charge >= 0.3 is 0 Å². The molecule has 1 aromatic carbocycles. The molecule has 1 fully saturated rings. The number of hydrogen-bond acceptors (Lipinski definition) is 2. The van der Waals surface area contributed by atoms with Gasteiger partial charge in [-0.15, -0.1) is 0 Å². The van der Waals surface area contributed by atoms with E-state index in [4.69, 9.17) is 0 Å². The van der Waals surface area contributed by atoms with Crippen LogP contribution in [0.4, 0.5) is 0 Å². The number of benzene rings is 1. The van der Waals surface area contributed by atoms with Crippen molar-refractivity contribution in [1.82, 2.24) is 5.32 Å². The first-order valence-corrected chi connectivity index (χ1v) is 5.75. The van der Waals surface area contributed by atoms with Crippen LogP contribution in [0.3, 0.4) is 0 Å². The fourth-order valence-electron chi connectivity index (χ4n) is 2.12. The third-order valence-electron chi connectivity index (χ3n) is 3.06. The highest BCUT2D eigenvalue weighted by molar-refractivity contribution is 5.85. The zero-order valence-electron chi connectivity index (χ0n) is 9.28. The van der Waals surface area contributed by atoms with Crippen molar-refractivity contribution in [1.29, 1.82) is 0 Å². The number of amides is 1. The Labute approximate surface area is 95.5 Å². The average Bonchev–Trinajstić information content (AvgIpc) is 2.44. The molecule has 0 spiro atoms. The number of carbonyl (C=O) groups excluding carboxylic acids is 1.